The first-order valence-electron chi connectivity index (χ1n) is 12.9. The van der Waals surface area contributed by atoms with Crippen molar-refractivity contribution in [2.75, 3.05) is 21.3 Å². The second-order valence-electron chi connectivity index (χ2n) is 10.5. The molecule has 0 N–H and O–H groups in total. The van der Waals surface area contributed by atoms with Crippen molar-refractivity contribution >= 4 is 23.6 Å². The standard InChI is InChI=1S/C33H40O3Si/c1-21-14-11-17-27(30(21)34-8)37(28-18-12-15-22(2)31(28)35-9,29-19-13-16-23(3)32(29)36-10)33(7)20-24(4)25(5)26(33)6/h11-20H,1-10H3. The number of allylic oxidation sites excluding steroid dienone is 4. The van der Waals surface area contributed by atoms with Crippen molar-refractivity contribution in [2.45, 2.75) is 53.5 Å². The quantitative estimate of drug-likeness (QED) is 0.280. The Balaban J connectivity index is 2.41. The number of hydrogen-bond acceptors (Lipinski definition) is 3. The first kappa shape index (κ1) is 26.8. The van der Waals surface area contributed by atoms with E-state index < -0.39 is 8.07 Å². The van der Waals surface area contributed by atoms with E-state index in [0.717, 1.165) is 33.9 Å². The van der Waals surface area contributed by atoms with Gasteiger partial charge in [-0.1, -0.05) is 78.7 Å². The molecular weight excluding hydrogens is 472 g/mol. The minimum absolute atomic E-state index is 0.315. The molecule has 3 nitrogen and oxygen atoms in total. The van der Waals surface area contributed by atoms with Crippen molar-refractivity contribution < 1.29 is 14.2 Å². The zero-order chi connectivity index (χ0) is 27.1. The normalized spacial score (nSPS) is 17.6. The highest BCUT2D eigenvalue weighted by molar-refractivity contribution is 7.15. The van der Waals surface area contributed by atoms with Crippen LogP contribution in [0.4, 0.5) is 0 Å². The van der Waals surface area contributed by atoms with Crippen LogP contribution >= 0.6 is 0 Å². The lowest BCUT2D eigenvalue weighted by atomic mass is 10.0. The fraction of sp³-hybridized carbons (Fsp3) is 0.333. The summed E-state index contributed by atoms with van der Waals surface area (Å²) in [5, 5.41) is 3.36. The number of rotatable bonds is 7. The van der Waals surface area contributed by atoms with E-state index in [-0.39, 0.29) is 5.04 Å². The predicted molar refractivity (Wildman–Crippen MR) is 158 cm³/mol. The van der Waals surface area contributed by atoms with Crippen LogP contribution in [0.3, 0.4) is 0 Å². The average molecular weight is 513 g/mol. The molecule has 1 aliphatic carbocycles. The van der Waals surface area contributed by atoms with Crippen molar-refractivity contribution in [2.24, 2.45) is 0 Å². The van der Waals surface area contributed by atoms with E-state index in [2.05, 4.69) is 109 Å². The number of hydrogen-bond donors (Lipinski definition) is 0. The fourth-order valence-corrected chi connectivity index (χ4v) is 13.3. The van der Waals surface area contributed by atoms with Gasteiger partial charge in [0.05, 0.1) is 21.3 Å². The van der Waals surface area contributed by atoms with Gasteiger partial charge in [0, 0.05) is 5.04 Å². The van der Waals surface area contributed by atoms with Gasteiger partial charge < -0.3 is 14.2 Å². The Labute approximate surface area is 223 Å². The molecule has 0 amide bonds. The average Bonchev–Trinajstić information content (AvgIpc) is 3.08. The molecule has 0 fully saturated rings. The van der Waals surface area contributed by atoms with Crippen LogP contribution in [-0.2, 0) is 0 Å². The third-order valence-corrected chi connectivity index (χ3v) is 14.4. The third-order valence-electron chi connectivity index (χ3n) is 8.68. The van der Waals surface area contributed by atoms with E-state index in [1.807, 2.05) is 0 Å². The molecule has 1 unspecified atom stereocenters. The number of aryl methyl sites for hydroxylation is 3. The Morgan fingerprint density at radius 1 is 0.568 bits per heavy atom. The van der Waals surface area contributed by atoms with Gasteiger partial charge in [-0.25, -0.2) is 0 Å². The zero-order valence-electron chi connectivity index (χ0n) is 24.0. The summed E-state index contributed by atoms with van der Waals surface area (Å²) in [4.78, 5) is 0. The molecule has 3 aromatic carbocycles. The summed E-state index contributed by atoms with van der Waals surface area (Å²) in [6, 6.07) is 19.7. The van der Waals surface area contributed by atoms with E-state index in [9.17, 15) is 0 Å². The molecule has 37 heavy (non-hydrogen) atoms. The topological polar surface area (TPSA) is 27.7 Å². The molecule has 1 aliphatic rings. The van der Waals surface area contributed by atoms with Crippen molar-refractivity contribution in [1.29, 1.82) is 0 Å². The maximum absolute atomic E-state index is 6.24. The van der Waals surface area contributed by atoms with Crippen LogP contribution in [0, 0.1) is 20.8 Å². The number of methoxy groups -OCH3 is 3. The number of para-hydroxylation sites is 3. The molecule has 0 radical (unpaired) electrons. The molecule has 0 aromatic heterocycles. The van der Waals surface area contributed by atoms with Gasteiger partial charge in [-0.2, -0.15) is 0 Å². The highest BCUT2D eigenvalue weighted by atomic mass is 28.3. The summed E-state index contributed by atoms with van der Waals surface area (Å²) in [5.41, 5.74) is 7.42. The van der Waals surface area contributed by atoms with Crippen LogP contribution in [0.5, 0.6) is 17.2 Å². The molecule has 0 heterocycles. The second-order valence-corrected chi connectivity index (χ2v) is 14.7. The van der Waals surface area contributed by atoms with Gasteiger partial charge >= 0.3 is 0 Å². The summed E-state index contributed by atoms with van der Waals surface area (Å²) in [7, 11) is 2.31. The van der Waals surface area contributed by atoms with Crippen molar-refractivity contribution in [3.8, 4) is 17.2 Å². The Bertz CT molecular complexity index is 1290. The Morgan fingerprint density at radius 2 is 0.919 bits per heavy atom. The van der Waals surface area contributed by atoms with E-state index in [1.165, 1.54) is 32.3 Å². The second kappa shape index (κ2) is 9.90. The van der Waals surface area contributed by atoms with Gasteiger partial charge in [0.1, 0.15) is 17.2 Å². The van der Waals surface area contributed by atoms with Gasteiger partial charge in [-0.05, 0) is 79.4 Å². The van der Waals surface area contributed by atoms with Crippen LogP contribution in [-0.4, -0.2) is 29.4 Å². The maximum Gasteiger partial charge on any atom is 0.175 e. The molecule has 0 spiro atoms. The Morgan fingerprint density at radius 3 is 1.19 bits per heavy atom. The first-order chi connectivity index (χ1) is 17.6. The van der Waals surface area contributed by atoms with E-state index in [4.69, 9.17) is 14.2 Å². The minimum Gasteiger partial charge on any atom is -0.497 e. The van der Waals surface area contributed by atoms with Crippen molar-refractivity contribution in [1.82, 2.24) is 0 Å². The van der Waals surface area contributed by atoms with Gasteiger partial charge in [-0.3, -0.25) is 0 Å². The Hall–Kier alpha value is -3.24. The highest BCUT2D eigenvalue weighted by Gasteiger charge is 2.59. The minimum atomic E-state index is -3.06. The predicted octanol–water partition coefficient (Wildman–Crippen LogP) is 6.16. The number of benzene rings is 3. The molecule has 3 aromatic rings. The van der Waals surface area contributed by atoms with E-state index in [1.54, 1.807) is 21.3 Å². The lowest BCUT2D eigenvalue weighted by molar-refractivity contribution is 0.412. The molecule has 194 valence electrons. The lowest BCUT2D eigenvalue weighted by Gasteiger charge is -2.48. The molecule has 0 aliphatic heterocycles. The van der Waals surface area contributed by atoms with E-state index in [0.29, 0.717) is 0 Å². The van der Waals surface area contributed by atoms with Crippen LogP contribution in [0.15, 0.2) is 77.4 Å². The maximum atomic E-state index is 6.24. The first-order valence-corrected chi connectivity index (χ1v) is 14.9. The van der Waals surface area contributed by atoms with Gasteiger partial charge in [0.15, 0.2) is 8.07 Å². The monoisotopic (exact) mass is 512 g/mol. The molecule has 1 atom stereocenters. The third kappa shape index (κ3) is 3.76. The molecule has 0 saturated carbocycles. The van der Waals surface area contributed by atoms with Gasteiger partial charge in [-0.15, -0.1) is 0 Å². The Kier molecular flexibility index (Phi) is 7.18. The summed E-state index contributed by atoms with van der Waals surface area (Å²) in [6.07, 6.45) is 2.50. The molecule has 4 heteroatoms. The van der Waals surface area contributed by atoms with Gasteiger partial charge in [0.25, 0.3) is 0 Å². The molecular formula is C33H40O3Si. The van der Waals surface area contributed by atoms with Crippen LogP contribution < -0.4 is 29.8 Å². The summed E-state index contributed by atoms with van der Waals surface area (Å²) >= 11 is 0. The zero-order valence-corrected chi connectivity index (χ0v) is 25.0. The van der Waals surface area contributed by atoms with Gasteiger partial charge in [0.2, 0.25) is 0 Å². The summed E-state index contributed by atoms with van der Waals surface area (Å²) in [6.45, 7) is 15.6. The van der Waals surface area contributed by atoms with Crippen LogP contribution in [0.1, 0.15) is 44.4 Å². The van der Waals surface area contributed by atoms with Crippen LogP contribution in [0.2, 0.25) is 5.04 Å². The van der Waals surface area contributed by atoms with E-state index >= 15 is 0 Å². The summed E-state index contributed by atoms with van der Waals surface area (Å²) < 4.78 is 18.7. The molecule has 0 saturated heterocycles. The SMILES string of the molecule is COc1c(C)cccc1[Si](c1cccc(C)c1OC)(c1cccc(C)c1OC)C1(C)C=C(C)C(C)=C1C. The highest BCUT2D eigenvalue weighted by Crippen LogP contribution is 2.54. The molecule has 0 bridgehead atoms. The smallest absolute Gasteiger partial charge is 0.175 e. The number of ether oxygens (including phenoxy) is 3. The summed E-state index contributed by atoms with van der Waals surface area (Å²) in [5.74, 6) is 2.81. The fourth-order valence-electron chi connectivity index (χ4n) is 6.65. The largest absolute Gasteiger partial charge is 0.497 e. The van der Waals surface area contributed by atoms with Crippen molar-refractivity contribution in [3.63, 3.8) is 0 Å². The molecule has 4 rings (SSSR count). The van der Waals surface area contributed by atoms with Crippen molar-refractivity contribution in [3.05, 3.63) is 94.1 Å². The lowest BCUT2D eigenvalue weighted by Crippen LogP contribution is -2.73. The van der Waals surface area contributed by atoms with Crippen LogP contribution in [0.25, 0.3) is 0 Å².